The molecule has 0 aliphatic carbocycles. The molecule has 0 atom stereocenters. The third-order valence-corrected chi connectivity index (χ3v) is 3.56. The molecule has 0 N–H and O–H groups in total. The molecule has 22 heavy (non-hydrogen) atoms. The zero-order valence-electron chi connectivity index (χ0n) is 12.3. The van der Waals surface area contributed by atoms with Gasteiger partial charge in [0.1, 0.15) is 0 Å². The minimum absolute atomic E-state index is 0.0710. The number of fused-ring (bicyclic) bond motifs is 1. The van der Waals surface area contributed by atoms with Crippen molar-refractivity contribution in [1.82, 2.24) is 14.8 Å². The van der Waals surface area contributed by atoms with Crippen molar-refractivity contribution in [3.63, 3.8) is 0 Å². The Morgan fingerprint density at radius 1 is 1.27 bits per heavy atom. The van der Waals surface area contributed by atoms with Gasteiger partial charge < -0.3 is 4.90 Å². The molecule has 0 bridgehead atoms. The van der Waals surface area contributed by atoms with Crippen LogP contribution in [0.15, 0.2) is 43.0 Å². The predicted octanol–water partition coefficient (Wildman–Crippen LogP) is 2.51. The van der Waals surface area contributed by atoms with Gasteiger partial charge in [0, 0.05) is 61.9 Å². The molecule has 3 rings (SSSR count). The van der Waals surface area contributed by atoms with Crippen molar-refractivity contribution in [3.8, 4) is 0 Å². The summed E-state index contributed by atoms with van der Waals surface area (Å²) in [6.45, 7) is 0.670. The van der Waals surface area contributed by atoms with Gasteiger partial charge in [-0.1, -0.05) is 0 Å². The smallest absolute Gasteiger partial charge is 0.278 e. The van der Waals surface area contributed by atoms with E-state index in [1.807, 2.05) is 31.4 Å². The van der Waals surface area contributed by atoms with Crippen molar-refractivity contribution < 1.29 is 4.92 Å². The molecular formula is C15H15N5O2. The van der Waals surface area contributed by atoms with Crippen LogP contribution in [0.5, 0.6) is 0 Å². The SMILES string of the molecule is CN(Cc1cnn(C)c1)c1ccc([N+](=O)[O-])c2cnccc12. The Hall–Kier alpha value is -2.96. The molecule has 0 aliphatic heterocycles. The van der Waals surface area contributed by atoms with Crippen molar-refractivity contribution in [2.45, 2.75) is 6.54 Å². The zero-order valence-corrected chi connectivity index (χ0v) is 12.3. The van der Waals surface area contributed by atoms with Gasteiger partial charge in [-0.25, -0.2) is 0 Å². The van der Waals surface area contributed by atoms with E-state index in [0.29, 0.717) is 11.9 Å². The second-order valence-corrected chi connectivity index (χ2v) is 5.16. The van der Waals surface area contributed by atoms with Gasteiger partial charge in [-0.3, -0.25) is 19.8 Å². The van der Waals surface area contributed by atoms with Crippen LogP contribution in [-0.2, 0) is 13.6 Å². The Bertz CT molecular complexity index is 843. The predicted molar refractivity (Wildman–Crippen MR) is 83.7 cm³/mol. The van der Waals surface area contributed by atoms with Gasteiger partial charge in [0.25, 0.3) is 5.69 Å². The van der Waals surface area contributed by atoms with Crippen molar-refractivity contribution >= 4 is 22.1 Å². The first kappa shape index (κ1) is 14.0. The van der Waals surface area contributed by atoms with Crippen LogP contribution < -0.4 is 4.90 Å². The summed E-state index contributed by atoms with van der Waals surface area (Å²) in [5, 5.41) is 16.7. The van der Waals surface area contributed by atoms with E-state index in [4.69, 9.17) is 0 Å². The third-order valence-electron chi connectivity index (χ3n) is 3.56. The molecule has 0 amide bonds. The number of non-ortho nitro benzene ring substituents is 1. The molecular weight excluding hydrogens is 282 g/mol. The fraction of sp³-hybridized carbons (Fsp3) is 0.200. The number of hydrogen-bond acceptors (Lipinski definition) is 5. The summed E-state index contributed by atoms with van der Waals surface area (Å²) in [6.07, 6.45) is 6.94. The lowest BCUT2D eigenvalue weighted by Crippen LogP contribution is -2.16. The first-order valence-corrected chi connectivity index (χ1v) is 6.76. The second-order valence-electron chi connectivity index (χ2n) is 5.16. The van der Waals surface area contributed by atoms with E-state index in [2.05, 4.69) is 10.1 Å². The van der Waals surface area contributed by atoms with Gasteiger partial charge in [0.05, 0.1) is 16.5 Å². The highest BCUT2D eigenvalue weighted by atomic mass is 16.6. The number of nitrogens with zero attached hydrogens (tertiary/aromatic N) is 5. The molecule has 112 valence electrons. The largest absolute Gasteiger partial charge is 0.370 e. The summed E-state index contributed by atoms with van der Waals surface area (Å²) < 4.78 is 1.75. The normalized spacial score (nSPS) is 10.8. The van der Waals surface area contributed by atoms with Crippen molar-refractivity contribution in [3.05, 3.63) is 58.7 Å². The number of hydrogen-bond donors (Lipinski definition) is 0. The lowest BCUT2D eigenvalue weighted by molar-refractivity contribution is -0.383. The Morgan fingerprint density at radius 2 is 2.09 bits per heavy atom. The summed E-state index contributed by atoms with van der Waals surface area (Å²) in [7, 11) is 3.82. The maximum Gasteiger partial charge on any atom is 0.278 e. The first-order valence-electron chi connectivity index (χ1n) is 6.76. The highest BCUT2D eigenvalue weighted by Crippen LogP contribution is 2.32. The lowest BCUT2D eigenvalue weighted by Gasteiger charge is -2.20. The monoisotopic (exact) mass is 297 g/mol. The minimum atomic E-state index is -0.380. The van der Waals surface area contributed by atoms with Gasteiger partial charge in [0.15, 0.2) is 0 Å². The number of aromatic nitrogens is 3. The molecule has 7 heteroatoms. The van der Waals surface area contributed by atoms with Gasteiger partial charge in [-0.2, -0.15) is 5.10 Å². The molecule has 0 aliphatic rings. The number of nitro benzene ring substituents is 1. The van der Waals surface area contributed by atoms with Crippen LogP contribution in [0, 0.1) is 10.1 Å². The number of benzene rings is 1. The highest BCUT2D eigenvalue weighted by molar-refractivity contribution is 5.99. The van der Waals surface area contributed by atoms with Crippen LogP contribution >= 0.6 is 0 Å². The molecule has 3 aromatic rings. The lowest BCUT2D eigenvalue weighted by atomic mass is 10.1. The molecule has 0 spiro atoms. The van der Waals surface area contributed by atoms with Gasteiger partial charge in [0.2, 0.25) is 0 Å². The Balaban J connectivity index is 2.03. The molecule has 2 heterocycles. The van der Waals surface area contributed by atoms with E-state index < -0.39 is 0 Å². The Morgan fingerprint density at radius 3 is 2.77 bits per heavy atom. The van der Waals surface area contributed by atoms with E-state index in [1.54, 1.807) is 23.0 Å². The van der Waals surface area contributed by atoms with E-state index in [1.165, 1.54) is 12.3 Å². The molecule has 0 unspecified atom stereocenters. The average Bonchev–Trinajstić information content (AvgIpc) is 2.90. The van der Waals surface area contributed by atoms with Crippen LogP contribution in [0.2, 0.25) is 0 Å². The number of rotatable bonds is 4. The van der Waals surface area contributed by atoms with Crippen molar-refractivity contribution in [2.24, 2.45) is 7.05 Å². The van der Waals surface area contributed by atoms with Crippen LogP contribution in [0.1, 0.15) is 5.56 Å². The zero-order chi connectivity index (χ0) is 15.7. The maximum absolute atomic E-state index is 11.1. The topological polar surface area (TPSA) is 77.1 Å². The van der Waals surface area contributed by atoms with Crippen LogP contribution in [0.3, 0.4) is 0 Å². The Kier molecular flexibility index (Phi) is 3.46. The third kappa shape index (κ3) is 2.48. The summed E-state index contributed by atoms with van der Waals surface area (Å²) in [5.74, 6) is 0. The summed E-state index contributed by atoms with van der Waals surface area (Å²) in [4.78, 5) is 16.8. The fourth-order valence-electron chi connectivity index (χ4n) is 2.56. The Labute approximate surface area is 127 Å². The summed E-state index contributed by atoms with van der Waals surface area (Å²) >= 11 is 0. The minimum Gasteiger partial charge on any atom is -0.370 e. The molecule has 2 aromatic heterocycles. The summed E-state index contributed by atoms with van der Waals surface area (Å²) in [5.41, 5.74) is 2.07. The number of anilines is 1. The molecule has 1 aromatic carbocycles. The fourth-order valence-corrected chi connectivity index (χ4v) is 2.56. The van der Waals surface area contributed by atoms with Crippen molar-refractivity contribution in [2.75, 3.05) is 11.9 Å². The van der Waals surface area contributed by atoms with Gasteiger partial charge in [-0.05, 0) is 12.1 Å². The van der Waals surface area contributed by atoms with Crippen LogP contribution in [0.25, 0.3) is 10.8 Å². The maximum atomic E-state index is 11.1. The number of aryl methyl sites for hydroxylation is 1. The summed E-state index contributed by atoms with van der Waals surface area (Å²) in [6, 6.07) is 5.10. The second kappa shape index (κ2) is 5.44. The molecule has 0 fully saturated rings. The van der Waals surface area contributed by atoms with E-state index >= 15 is 0 Å². The number of pyridine rings is 1. The standard InChI is InChI=1S/C15H15N5O2/c1-18(9-11-7-17-19(2)10-11)14-3-4-15(20(21)22)13-8-16-6-5-12(13)14/h3-8,10H,9H2,1-2H3. The number of nitro groups is 1. The van der Waals surface area contributed by atoms with E-state index in [0.717, 1.165) is 16.6 Å². The molecule has 0 radical (unpaired) electrons. The van der Waals surface area contributed by atoms with Crippen LogP contribution in [-0.4, -0.2) is 26.7 Å². The molecule has 0 saturated heterocycles. The van der Waals surface area contributed by atoms with Crippen molar-refractivity contribution in [1.29, 1.82) is 0 Å². The molecule has 7 nitrogen and oxygen atoms in total. The first-order chi connectivity index (χ1) is 10.6. The van der Waals surface area contributed by atoms with Gasteiger partial charge >= 0.3 is 0 Å². The highest BCUT2D eigenvalue weighted by Gasteiger charge is 2.16. The average molecular weight is 297 g/mol. The quantitative estimate of drug-likeness (QED) is 0.546. The van der Waals surface area contributed by atoms with Crippen LogP contribution in [0.4, 0.5) is 11.4 Å². The van der Waals surface area contributed by atoms with E-state index in [-0.39, 0.29) is 10.6 Å². The molecule has 0 saturated carbocycles. The van der Waals surface area contributed by atoms with E-state index in [9.17, 15) is 10.1 Å². The van der Waals surface area contributed by atoms with Gasteiger partial charge in [-0.15, -0.1) is 0 Å².